The molecule has 168 valence electrons. The predicted octanol–water partition coefficient (Wildman–Crippen LogP) is 4.81. The topological polar surface area (TPSA) is 61.4 Å². The molecule has 3 rings (SSSR count). The maximum Gasteiger partial charge on any atom is 0.220 e. The second-order valence-electron chi connectivity index (χ2n) is 8.51. The van der Waals surface area contributed by atoms with E-state index in [0.29, 0.717) is 25.8 Å². The summed E-state index contributed by atoms with van der Waals surface area (Å²) in [7, 11) is 4.31. The zero-order valence-electron chi connectivity index (χ0n) is 18.3. The van der Waals surface area contributed by atoms with Crippen LogP contribution in [0.4, 0.5) is 0 Å². The number of halogens is 1. The van der Waals surface area contributed by atoms with Gasteiger partial charge in [0, 0.05) is 34.8 Å². The minimum atomic E-state index is -0.0165. The smallest absolute Gasteiger partial charge is 0.220 e. The van der Waals surface area contributed by atoms with Crippen LogP contribution in [0.1, 0.15) is 55.4 Å². The monoisotopic (exact) mass is 505 g/mol. The molecule has 2 amide bonds. The summed E-state index contributed by atoms with van der Waals surface area (Å²) in [6.07, 6.45) is 5.38. The number of hydrogen-bond donors (Lipinski definition) is 2. The van der Waals surface area contributed by atoms with Gasteiger partial charge in [-0.15, -0.1) is 11.3 Å². The summed E-state index contributed by atoms with van der Waals surface area (Å²) in [6.45, 7) is 0.504. The molecule has 1 aromatic heterocycles. The second-order valence-corrected chi connectivity index (χ2v) is 10.4. The summed E-state index contributed by atoms with van der Waals surface area (Å²) in [4.78, 5) is 28.2. The molecule has 0 bridgehead atoms. The van der Waals surface area contributed by atoms with Crippen LogP contribution in [0.25, 0.3) is 0 Å². The van der Waals surface area contributed by atoms with E-state index in [1.165, 1.54) is 4.88 Å². The van der Waals surface area contributed by atoms with Crippen molar-refractivity contribution in [2.75, 3.05) is 14.1 Å². The van der Waals surface area contributed by atoms with E-state index in [-0.39, 0.29) is 23.4 Å². The Kier molecular flexibility index (Phi) is 8.69. The van der Waals surface area contributed by atoms with Gasteiger partial charge in [0.1, 0.15) is 0 Å². The first-order chi connectivity index (χ1) is 14.9. The van der Waals surface area contributed by atoms with Crippen LogP contribution in [0.3, 0.4) is 0 Å². The first-order valence-corrected chi connectivity index (χ1v) is 12.6. The highest BCUT2D eigenvalue weighted by Gasteiger charge is 2.39. The molecule has 0 saturated heterocycles. The molecule has 1 fully saturated rings. The Labute approximate surface area is 197 Å². The van der Waals surface area contributed by atoms with Crippen LogP contribution in [0, 0.1) is 0 Å². The van der Waals surface area contributed by atoms with Crippen molar-refractivity contribution in [2.45, 2.75) is 63.1 Å². The summed E-state index contributed by atoms with van der Waals surface area (Å²) in [5, 5.41) is 8.25. The third-order valence-corrected chi connectivity index (χ3v) is 7.76. The normalized spacial score (nSPS) is 21.1. The molecular weight excluding hydrogens is 474 g/mol. The molecule has 7 heteroatoms. The van der Waals surface area contributed by atoms with E-state index in [1.807, 2.05) is 35.6 Å². The zero-order chi connectivity index (χ0) is 22.3. The number of thiophene rings is 1. The fourth-order valence-corrected chi connectivity index (χ4v) is 5.86. The minimum Gasteiger partial charge on any atom is -0.353 e. The SMILES string of the molecule is CN(C)C1(c2cccs2)CCC(NC(=O)CCCC(=O)NCc2cccc(Br)c2)CC1. The van der Waals surface area contributed by atoms with Crippen molar-refractivity contribution in [2.24, 2.45) is 0 Å². The van der Waals surface area contributed by atoms with Gasteiger partial charge in [0.15, 0.2) is 0 Å². The van der Waals surface area contributed by atoms with Crippen LogP contribution in [-0.4, -0.2) is 36.9 Å². The van der Waals surface area contributed by atoms with E-state index in [2.05, 4.69) is 63.1 Å². The van der Waals surface area contributed by atoms with E-state index in [9.17, 15) is 9.59 Å². The summed E-state index contributed by atoms with van der Waals surface area (Å²) in [5.41, 5.74) is 1.14. The molecule has 0 aliphatic heterocycles. The number of nitrogens with zero attached hydrogens (tertiary/aromatic N) is 1. The molecule has 0 unspecified atom stereocenters. The summed E-state index contributed by atoms with van der Waals surface area (Å²) >= 11 is 5.25. The summed E-state index contributed by atoms with van der Waals surface area (Å²) in [6, 6.07) is 12.4. The number of carbonyl (C=O) groups excluding carboxylic acids is 2. The minimum absolute atomic E-state index is 0.0165. The number of nitrogens with one attached hydrogen (secondary N) is 2. The lowest BCUT2D eigenvalue weighted by Gasteiger charge is -2.44. The van der Waals surface area contributed by atoms with Gasteiger partial charge in [-0.1, -0.05) is 34.1 Å². The highest BCUT2D eigenvalue weighted by Crippen LogP contribution is 2.42. The Morgan fingerprint density at radius 1 is 1.13 bits per heavy atom. The Balaban J connectivity index is 1.35. The van der Waals surface area contributed by atoms with E-state index >= 15 is 0 Å². The number of benzene rings is 1. The van der Waals surface area contributed by atoms with E-state index in [0.717, 1.165) is 35.7 Å². The van der Waals surface area contributed by atoms with E-state index < -0.39 is 0 Å². The fraction of sp³-hybridized carbons (Fsp3) is 0.500. The molecule has 31 heavy (non-hydrogen) atoms. The lowest BCUT2D eigenvalue weighted by molar-refractivity contribution is -0.123. The highest BCUT2D eigenvalue weighted by atomic mass is 79.9. The zero-order valence-corrected chi connectivity index (χ0v) is 20.7. The first kappa shape index (κ1) is 24.0. The van der Waals surface area contributed by atoms with Crippen molar-refractivity contribution in [3.63, 3.8) is 0 Å². The fourth-order valence-electron chi connectivity index (χ4n) is 4.34. The van der Waals surface area contributed by atoms with Gasteiger partial charge in [-0.3, -0.25) is 14.5 Å². The number of hydrogen-bond acceptors (Lipinski definition) is 4. The van der Waals surface area contributed by atoms with Crippen LogP contribution in [-0.2, 0) is 21.7 Å². The highest BCUT2D eigenvalue weighted by molar-refractivity contribution is 9.10. The van der Waals surface area contributed by atoms with Gasteiger partial charge in [0.25, 0.3) is 0 Å². The van der Waals surface area contributed by atoms with Gasteiger partial charge in [-0.25, -0.2) is 0 Å². The van der Waals surface area contributed by atoms with Gasteiger partial charge in [-0.05, 0) is 75.3 Å². The quantitative estimate of drug-likeness (QED) is 0.513. The average Bonchev–Trinajstić information content (AvgIpc) is 3.28. The van der Waals surface area contributed by atoms with Gasteiger partial charge >= 0.3 is 0 Å². The molecule has 0 atom stereocenters. The molecule has 1 aromatic carbocycles. The standard InChI is InChI=1S/C24H32BrN3O2S/c1-28(2)24(21-8-5-15-31-21)13-11-20(12-14-24)27-23(30)10-4-9-22(29)26-17-18-6-3-7-19(25)16-18/h3,5-8,15-16,20H,4,9-14,17H2,1-2H3,(H,26,29)(H,27,30). The number of rotatable bonds is 9. The number of carbonyl (C=O) groups is 2. The molecule has 1 aliphatic rings. The van der Waals surface area contributed by atoms with Crippen molar-refractivity contribution in [1.29, 1.82) is 0 Å². The third kappa shape index (κ3) is 6.64. The summed E-state index contributed by atoms with van der Waals surface area (Å²) < 4.78 is 0.997. The van der Waals surface area contributed by atoms with Crippen molar-refractivity contribution >= 4 is 39.1 Å². The molecule has 2 aromatic rings. The summed E-state index contributed by atoms with van der Waals surface area (Å²) in [5.74, 6) is 0.0374. The van der Waals surface area contributed by atoms with Gasteiger partial charge in [0.2, 0.25) is 11.8 Å². The van der Waals surface area contributed by atoms with Crippen molar-refractivity contribution in [3.8, 4) is 0 Å². The van der Waals surface area contributed by atoms with Crippen LogP contribution in [0.2, 0.25) is 0 Å². The molecule has 0 radical (unpaired) electrons. The Bertz CT molecular complexity index is 861. The van der Waals surface area contributed by atoms with Gasteiger partial charge in [0.05, 0.1) is 5.54 Å². The average molecular weight is 507 g/mol. The van der Waals surface area contributed by atoms with Gasteiger partial charge in [-0.2, -0.15) is 0 Å². The van der Waals surface area contributed by atoms with E-state index in [1.54, 1.807) is 0 Å². The third-order valence-electron chi connectivity index (χ3n) is 6.20. The van der Waals surface area contributed by atoms with Crippen LogP contribution in [0.5, 0.6) is 0 Å². The maximum atomic E-state index is 12.4. The molecule has 1 heterocycles. The van der Waals surface area contributed by atoms with E-state index in [4.69, 9.17) is 0 Å². The Morgan fingerprint density at radius 3 is 2.52 bits per heavy atom. The molecular formula is C24H32BrN3O2S. The second kappa shape index (κ2) is 11.2. The molecule has 0 spiro atoms. The molecule has 2 N–H and O–H groups in total. The molecule has 1 aliphatic carbocycles. The van der Waals surface area contributed by atoms with Crippen molar-refractivity contribution in [3.05, 3.63) is 56.7 Å². The Hall–Kier alpha value is -1.70. The van der Waals surface area contributed by atoms with Crippen molar-refractivity contribution in [1.82, 2.24) is 15.5 Å². The van der Waals surface area contributed by atoms with Crippen LogP contribution in [0.15, 0.2) is 46.3 Å². The van der Waals surface area contributed by atoms with Crippen LogP contribution < -0.4 is 10.6 Å². The predicted molar refractivity (Wildman–Crippen MR) is 130 cm³/mol. The maximum absolute atomic E-state index is 12.4. The van der Waals surface area contributed by atoms with Gasteiger partial charge < -0.3 is 10.6 Å². The largest absolute Gasteiger partial charge is 0.353 e. The molecule has 1 saturated carbocycles. The van der Waals surface area contributed by atoms with Crippen molar-refractivity contribution < 1.29 is 9.59 Å². The lowest BCUT2D eigenvalue weighted by atomic mass is 9.77. The molecule has 5 nitrogen and oxygen atoms in total. The number of amides is 2. The van der Waals surface area contributed by atoms with Crippen LogP contribution >= 0.6 is 27.3 Å². The Morgan fingerprint density at radius 2 is 1.87 bits per heavy atom. The lowest BCUT2D eigenvalue weighted by Crippen LogP contribution is -2.48. The first-order valence-electron chi connectivity index (χ1n) is 10.9.